The van der Waals surface area contributed by atoms with Crippen molar-refractivity contribution in [2.45, 2.75) is 155 Å². The summed E-state index contributed by atoms with van der Waals surface area (Å²) in [5.74, 6) is -2.02. The number of hydrogen-bond acceptors (Lipinski definition) is 10. The van der Waals surface area contributed by atoms with Gasteiger partial charge in [0.2, 0.25) is 5.91 Å². The van der Waals surface area contributed by atoms with Gasteiger partial charge in [-0.15, -0.1) is 0 Å². The quantitative estimate of drug-likeness (QED) is 0.0604. The lowest BCUT2D eigenvalue weighted by Crippen LogP contribution is -2.53. The Morgan fingerprint density at radius 1 is 0.576 bits per heavy atom. The van der Waals surface area contributed by atoms with Crippen LogP contribution in [0.1, 0.15) is 137 Å². The van der Waals surface area contributed by atoms with Crippen molar-refractivity contribution in [3.63, 3.8) is 0 Å². The Balaban J connectivity index is 1.36. The molecule has 0 aliphatic heterocycles. The molecular weight excluding hydrogens is 757 g/mol. The molecule has 0 radical (unpaired) electrons. The number of ether oxygens (including phenoxy) is 4. The van der Waals surface area contributed by atoms with Crippen LogP contribution in [0, 0.1) is 0 Å². The smallest absolute Gasteiger partial charge is 0.407 e. The molecule has 1 aliphatic rings. The number of nitrogens with one attached hydrogen (secondary N) is 4. The molecule has 4 amide bonds. The molecule has 2 aromatic rings. The number of rotatable bonds is 20. The van der Waals surface area contributed by atoms with Gasteiger partial charge in [0.1, 0.15) is 35.5 Å². The number of alkyl carbamates (subject to hydrolysis) is 1. The van der Waals surface area contributed by atoms with Gasteiger partial charge in [0.25, 0.3) is 0 Å². The van der Waals surface area contributed by atoms with E-state index < -0.39 is 58.9 Å². The molecule has 3 rings (SSSR count). The number of urea groups is 1. The Kier molecular flexibility index (Phi) is 18.2. The summed E-state index contributed by atoms with van der Waals surface area (Å²) in [6.07, 6.45) is 2.97. The zero-order valence-electron chi connectivity index (χ0n) is 36.4. The van der Waals surface area contributed by atoms with Gasteiger partial charge in [-0.25, -0.2) is 19.2 Å². The van der Waals surface area contributed by atoms with E-state index in [4.69, 9.17) is 18.9 Å². The van der Waals surface area contributed by atoms with Crippen LogP contribution in [-0.4, -0.2) is 84.5 Å². The van der Waals surface area contributed by atoms with Crippen LogP contribution in [0.5, 0.6) is 0 Å². The number of hydrogen-bond donors (Lipinski definition) is 4. The third-order valence-electron chi connectivity index (χ3n) is 8.99. The molecule has 0 aromatic heterocycles. The zero-order chi connectivity index (χ0) is 43.8. The topological polar surface area (TPSA) is 187 Å². The van der Waals surface area contributed by atoms with E-state index >= 15 is 0 Å². The predicted octanol–water partition coefficient (Wildman–Crippen LogP) is 7.21. The van der Waals surface area contributed by atoms with Gasteiger partial charge in [0.15, 0.2) is 0 Å². The van der Waals surface area contributed by atoms with Gasteiger partial charge in [-0.1, -0.05) is 55.0 Å². The summed E-state index contributed by atoms with van der Waals surface area (Å²) in [5.41, 5.74) is 2.27. The van der Waals surface area contributed by atoms with Gasteiger partial charge in [-0.3, -0.25) is 9.59 Å². The van der Waals surface area contributed by atoms with Crippen molar-refractivity contribution in [3.8, 4) is 11.1 Å². The van der Waals surface area contributed by atoms with E-state index in [0.717, 1.165) is 17.5 Å². The van der Waals surface area contributed by atoms with Crippen LogP contribution in [0.15, 0.2) is 48.5 Å². The molecule has 0 saturated carbocycles. The van der Waals surface area contributed by atoms with Crippen molar-refractivity contribution in [1.82, 2.24) is 21.3 Å². The molecule has 0 bridgehead atoms. The second-order valence-corrected chi connectivity index (χ2v) is 17.8. The fourth-order valence-corrected chi connectivity index (χ4v) is 6.47. The van der Waals surface area contributed by atoms with E-state index in [0.29, 0.717) is 45.2 Å². The first-order chi connectivity index (χ1) is 27.6. The van der Waals surface area contributed by atoms with Gasteiger partial charge >= 0.3 is 30.0 Å². The molecular formula is C45H66N4O10. The highest BCUT2D eigenvalue weighted by Gasteiger charge is 2.32. The molecule has 59 heavy (non-hydrogen) atoms. The number of unbranched alkanes of at least 4 members (excludes halogenated alkanes) is 3. The molecule has 0 spiro atoms. The van der Waals surface area contributed by atoms with Gasteiger partial charge in [-0.2, -0.15) is 0 Å². The van der Waals surface area contributed by atoms with E-state index in [2.05, 4.69) is 45.5 Å². The van der Waals surface area contributed by atoms with Gasteiger partial charge in [0, 0.05) is 31.8 Å². The largest absolute Gasteiger partial charge is 0.460 e. The van der Waals surface area contributed by atoms with Gasteiger partial charge < -0.3 is 40.2 Å². The minimum absolute atomic E-state index is 0.00353. The first-order valence-corrected chi connectivity index (χ1v) is 20.7. The van der Waals surface area contributed by atoms with E-state index in [1.54, 1.807) is 62.3 Å². The zero-order valence-corrected chi connectivity index (χ0v) is 36.4. The minimum atomic E-state index is -1.19. The molecule has 4 N–H and O–H groups in total. The highest BCUT2D eigenvalue weighted by atomic mass is 16.6. The van der Waals surface area contributed by atoms with Crippen molar-refractivity contribution >= 4 is 35.9 Å². The first-order valence-electron chi connectivity index (χ1n) is 20.7. The molecule has 0 saturated heterocycles. The lowest BCUT2D eigenvalue weighted by molar-refractivity contribution is -0.159. The van der Waals surface area contributed by atoms with E-state index in [1.165, 1.54) is 11.1 Å². The number of carbonyl (C=O) groups excluding carboxylic acids is 6. The molecule has 0 fully saturated rings. The molecule has 14 nitrogen and oxygen atoms in total. The van der Waals surface area contributed by atoms with Crippen LogP contribution in [0.2, 0.25) is 0 Å². The van der Waals surface area contributed by atoms with Crippen LogP contribution in [-0.2, 0) is 38.1 Å². The molecule has 14 heteroatoms. The molecule has 326 valence electrons. The maximum Gasteiger partial charge on any atom is 0.407 e. The lowest BCUT2D eigenvalue weighted by Gasteiger charge is -2.27. The second-order valence-electron chi connectivity index (χ2n) is 17.8. The number of benzene rings is 2. The molecule has 0 heterocycles. The van der Waals surface area contributed by atoms with Crippen molar-refractivity contribution in [1.29, 1.82) is 0 Å². The van der Waals surface area contributed by atoms with Crippen LogP contribution in [0.3, 0.4) is 0 Å². The van der Waals surface area contributed by atoms with Crippen molar-refractivity contribution < 1.29 is 47.7 Å². The minimum Gasteiger partial charge on any atom is -0.460 e. The second kappa shape index (κ2) is 22.3. The summed E-state index contributed by atoms with van der Waals surface area (Å²) in [6, 6.07) is 13.3. The average Bonchev–Trinajstić information content (AvgIpc) is 3.44. The average molecular weight is 823 g/mol. The first kappa shape index (κ1) is 48.2. The van der Waals surface area contributed by atoms with Gasteiger partial charge in [-0.05, 0) is 123 Å². The van der Waals surface area contributed by atoms with Crippen molar-refractivity contribution in [3.05, 3.63) is 59.7 Å². The standard InChI is InChI=1S/C45H66N4O10/c1-43(2,3)57-38(51)26-25-36(40(53)59-45(7,8)9)49-41(54)48-35(39(52)58-44(4,5)6)23-16-18-27-46-37(50)24-11-10-17-28-47-42(55)56-29-34-32-21-14-12-19-30(32)31-20-13-15-22-33(31)34/h12-15,19-22,34-36H,10-11,16-18,23-29H2,1-9H3,(H,46,50)(H,47,55)(H2,48,49,54)/t35?,36-/m0/s1. The maximum absolute atomic E-state index is 13.2. The summed E-state index contributed by atoms with van der Waals surface area (Å²) in [4.78, 5) is 76.6. The SMILES string of the molecule is CC(C)(C)OC(=O)CC[C@H](NC(=O)NC(CCCCNC(=O)CCCCCNC(=O)OCC1c2ccccc2-c2ccccc21)C(=O)OC(C)(C)C)C(=O)OC(C)(C)C. The monoisotopic (exact) mass is 822 g/mol. The van der Waals surface area contributed by atoms with Crippen LogP contribution in [0.4, 0.5) is 9.59 Å². The maximum atomic E-state index is 13.2. The van der Waals surface area contributed by atoms with Crippen LogP contribution < -0.4 is 21.3 Å². The molecule has 2 atom stereocenters. The molecule has 1 unspecified atom stereocenters. The Labute approximate surface area is 349 Å². The highest BCUT2D eigenvalue weighted by molar-refractivity contribution is 5.87. The van der Waals surface area contributed by atoms with Crippen LogP contribution in [0.25, 0.3) is 11.1 Å². The fraction of sp³-hybridized carbons (Fsp3) is 0.600. The Morgan fingerprint density at radius 3 is 1.61 bits per heavy atom. The summed E-state index contributed by atoms with van der Waals surface area (Å²) in [6.45, 7) is 16.5. The summed E-state index contributed by atoms with van der Waals surface area (Å²) in [7, 11) is 0. The summed E-state index contributed by atoms with van der Waals surface area (Å²) in [5, 5.41) is 10.9. The molecule has 2 aromatic carbocycles. The Morgan fingerprint density at radius 2 is 1.07 bits per heavy atom. The number of fused-ring (bicyclic) bond motifs is 3. The van der Waals surface area contributed by atoms with E-state index in [1.807, 2.05) is 24.3 Å². The summed E-state index contributed by atoms with van der Waals surface area (Å²) >= 11 is 0. The van der Waals surface area contributed by atoms with E-state index in [9.17, 15) is 28.8 Å². The lowest BCUT2D eigenvalue weighted by atomic mass is 9.98. The third kappa shape index (κ3) is 18.1. The Bertz CT molecular complexity index is 1700. The van der Waals surface area contributed by atoms with Crippen LogP contribution >= 0.6 is 0 Å². The predicted molar refractivity (Wildman–Crippen MR) is 224 cm³/mol. The number of amides is 4. The summed E-state index contributed by atoms with van der Waals surface area (Å²) < 4.78 is 22.0. The van der Waals surface area contributed by atoms with Crippen molar-refractivity contribution in [2.75, 3.05) is 19.7 Å². The fourth-order valence-electron chi connectivity index (χ4n) is 6.47. The van der Waals surface area contributed by atoms with Gasteiger partial charge in [0.05, 0.1) is 0 Å². The van der Waals surface area contributed by atoms with Crippen molar-refractivity contribution in [2.24, 2.45) is 0 Å². The molecule has 1 aliphatic carbocycles. The number of esters is 3. The third-order valence-corrected chi connectivity index (χ3v) is 8.99. The Hall–Kier alpha value is -5.14. The number of carbonyl (C=O) groups is 6. The normalized spacial score (nSPS) is 13.5. The van der Waals surface area contributed by atoms with E-state index in [-0.39, 0.29) is 37.7 Å². The highest BCUT2D eigenvalue weighted by Crippen LogP contribution is 2.44.